The minimum Gasteiger partial charge on any atom is -0.393 e. The third-order valence-corrected chi connectivity index (χ3v) is 7.15. The lowest BCUT2D eigenvalue weighted by molar-refractivity contribution is -0.119. The van der Waals surface area contributed by atoms with Crippen molar-refractivity contribution in [3.05, 3.63) is 11.1 Å². The SMILES string of the molecule is C[C@]12CC[C@H]3C4=C(CC[C@H]3[C@H]1CC[C@@H]2O)CC(=O)CC4. The van der Waals surface area contributed by atoms with Gasteiger partial charge < -0.3 is 5.11 Å². The molecule has 1 N–H and O–H groups in total. The van der Waals surface area contributed by atoms with Gasteiger partial charge in [0.05, 0.1) is 6.10 Å². The lowest BCUT2D eigenvalue weighted by Crippen LogP contribution is -2.45. The van der Waals surface area contributed by atoms with E-state index in [9.17, 15) is 9.90 Å². The number of carbonyl (C=O) groups excluding carboxylic acids is 1. The van der Waals surface area contributed by atoms with E-state index in [-0.39, 0.29) is 11.5 Å². The maximum Gasteiger partial charge on any atom is 0.137 e. The van der Waals surface area contributed by atoms with E-state index in [4.69, 9.17) is 0 Å². The largest absolute Gasteiger partial charge is 0.393 e. The summed E-state index contributed by atoms with van der Waals surface area (Å²) in [6.45, 7) is 2.33. The molecule has 2 heteroatoms. The van der Waals surface area contributed by atoms with Gasteiger partial charge in [-0.3, -0.25) is 4.79 Å². The number of allylic oxidation sites excluding steroid dienone is 2. The van der Waals surface area contributed by atoms with E-state index in [0.29, 0.717) is 5.78 Å². The minimum atomic E-state index is -0.0724. The van der Waals surface area contributed by atoms with Crippen molar-refractivity contribution >= 4 is 5.78 Å². The molecule has 5 atom stereocenters. The summed E-state index contributed by atoms with van der Waals surface area (Å²) < 4.78 is 0. The maximum atomic E-state index is 11.7. The van der Waals surface area contributed by atoms with E-state index < -0.39 is 0 Å². The van der Waals surface area contributed by atoms with Crippen LogP contribution in [0.3, 0.4) is 0 Å². The monoisotopic (exact) mass is 274 g/mol. The number of hydrogen-bond donors (Lipinski definition) is 1. The van der Waals surface area contributed by atoms with Crippen molar-refractivity contribution in [1.29, 1.82) is 0 Å². The van der Waals surface area contributed by atoms with Gasteiger partial charge in [0, 0.05) is 12.8 Å². The minimum absolute atomic E-state index is 0.0724. The Labute approximate surface area is 121 Å². The second-order valence-corrected chi connectivity index (χ2v) is 7.90. The van der Waals surface area contributed by atoms with Crippen molar-refractivity contribution in [2.45, 2.75) is 70.8 Å². The first-order valence-electron chi connectivity index (χ1n) is 8.50. The van der Waals surface area contributed by atoms with Crippen molar-refractivity contribution in [2.24, 2.45) is 23.2 Å². The molecule has 0 aromatic rings. The molecule has 2 fully saturated rings. The molecule has 20 heavy (non-hydrogen) atoms. The normalized spacial score (nSPS) is 47.8. The van der Waals surface area contributed by atoms with Gasteiger partial charge in [-0.1, -0.05) is 18.1 Å². The zero-order chi connectivity index (χ0) is 13.9. The van der Waals surface area contributed by atoms with Crippen LogP contribution in [0.5, 0.6) is 0 Å². The highest BCUT2D eigenvalue weighted by molar-refractivity contribution is 5.82. The quantitative estimate of drug-likeness (QED) is 0.685. The fourth-order valence-corrected chi connectivity index (χ4v) is 6.02. The van der Waals surface area contributed by atoms with Gasteiger partial charge in [0.15, 0.2) is 0 Å². The summed E-state index contributed by atoms with van der Waals surface area (Å²) >= 11 is 0. The molecule has 0 spiro atoms. The Morgan fingerprint density at radius 1 is 1.10 bits per heavy atom. The van der Waals surface area contributed by atoms with Gasteiger partial charge in [-0.2, -0.15) is 0 Å². The van der Waals surface area contributed by atoms with Crippen LogP contribution in [0, 0.1) is 23.2 Å². The number of Topliss-reactive ketones (excluding diaryl/α,β-unsaturated/α-hetero) is 1. The topological polar surface area (TPSA) is 37.3 Å². The maximum absolute atomic E-state index is 11.7. The second-order valence-electron chi connectivity index (χ2n) is 7.90. The number of hydrogen-bond acceptors (Lipinski definition) is 2. The summed E-state index contributed by atoms with van der Waals surface area (Å²) in [4.78, 5) is 11.7. The van der Waals surface area contributed by atoms with Crippen molar-refractivity contribution < 1.29 is 9.90 Å². The fraction of sp³-hybridized carbons (Fsp3) is 0.833. The Morgan fingerprint density at radius 2 is 1.95 bits per heavy atom. The van der Waals surface area contributed by atoms with Crippen LogP contribution in [-0.4, -0.2) is 17.0 Å². The first kappa shape index (κ1) is 13.1. The smallest absolute Gasteiger partial charge is 0.137 e. The van der Waals surface area contributed by atoms with Gasteiger partial charge in [0.1, 0.15) is 5.78 Å². The van der Waals surface area contributed by atoms with Gasteiger partial charge in [-0.15, -0.1) is 0 Å². The molecule has 0 unspecified atom stereocenters. The van der Waals surface area contributed by atoms with Gasteiger partial charge in [0.2, 0.25) is 0 Å². The molecule has 0 saturated heterocycles. The molecular formula is C18H26O2. The average molecular weight is 274 g/mol. The Morgan fingerprint density at radius 3 is 2.80 bits per heavy atom. The van der Waals surface area contributed by atoms with Crippen LogP contribution in [0.4, 0.5) is 0 Å². The summed E-state index contributed by atoms with van der Waals surface area (Å²) in [6, 6.07) is 0. The van der Waals surface area contributed by atoms with E-state index in [1.54, 1.807) is 5.57 Å². The lowest BCUT2D eigenvalue weighted by atomic mass is 9.54. The molecule has 2 saturated carbocycles. The van der Waals surface area contributed by atoms with Crippen molar-refractivity contribution in [2.75, 3.05) is 0 Å². The number of fused-ring (bicyclic) bond motifs is 4. The van der Waals surface area contributed by atoms with Crippen molar-refractivity contribution in [3.63, 3.8) is 0 Å². The first-order chi connectivity index (χ1) is 9.59. The van der Waals surface area contributed by atoms with Crippen LogP contribution < -0.4 is 0 Å². The number of ketones is 1. The molecule has 4 rings (SSSR count). The predicted octanol–water partition coefficient (Wildman–Crippen LogP) is 3.63. The molecule has 0 bridgehead atoms. The van der Waals surface area contributed by atoms with E-state index in [2.05, 4.69) is 6.92 Å². The standard InChI is InChI=1S/C18H26O2/c1-18-9-8-14-13-5-3-12(19)10-11(13)2-4-15(14)16(18)6-7-17(18)20/h14-17,20H,2-10H2,1H3/t14-,15+,16+,17-,18-/m0/s1. The average Bonchev–Trinajstić information content (AvgIpc) is 2.74. The molecule has 4 aliphatic rings. The van der Waals surface area contributed by atoms with Crippen LogP contribution >= 0.6 is 0 Å². The van der Waals surface area contributed by atoms with Gasteiger partial charge in [0.25, 0.3) is 0 Å². The molecule has 0 aliphatic heterocycles. The Kier molecular flexibility index (Phi) is 2.89. The van der Waals surface area contributed by atoms with Crippen LogP contribution in [-0.2, 0) is 4.79 Å². The fourth-order valence-electron chi connectivity index (χ4n) is 6.02. The van der Waals surface area contributed by atoms with Gasteiger partial charge in [-0.05, 0) is 68.1 Å². The molecule has 4 aliphatic carbocycles. The summed E-state index contributed by atoms with van der Waals surface area (Å²) in [5.74, 6) is 2.72. The van der Waals surface area contributed by atoms with E-state index in [1.165, 1.54) is 31.3 Å². The highest BCUT2D eigenvalue weighted by Crippen LogP contribution is 2.60. The summed E-state index contributed by atoms with van der Waals surface area (Å²) in [6.07, 6.45) is 9.60. The zero-order valence-electron chi connectivity index (χ0n) is 12.5. The van der Waals surface area contributed by atoms with Crippen LogP contribution in [0.1, 0.15) is 64.7 Å². The van der Waals surface area contributed by atoms with Gasteiger partial charge >= 0.3 is 0 Å². The predicted molar refractivity (Wildman–Crippen MR) is 78.2 cm³/mol. The summed E-state index contributed by atoms with van der Waals surface area (Å²) in [5, 5.41) is 10.4. The third-order valence-electron chi connectivity index (χ3n) is 7.15. The molecule has 0 heterocycles. The third kappa shape index (κ3) is 1.70. The second kappa shape index (κ2) is 4.43. The number of aliphatic hydroxyl groups excluding tert-OH is 1. The first-order valence-corrected chi connectivity index (χ1v) is 8.50. The van der Waals surface area contributed by atoms with Crippen molar-refractivity contribution in [3.8, 4) is 0 Å². The molecule has 110 valence electrons. The molecular weight excluding hydrogens is 248 g/mol. The Hall–Kier alpha value is -0.630. The summed E-state index contributed by atoms with van der Waals surface area (Å²) in [5.41, 5.74) is 3.36. The van der Waals surface area contributed by atoms with Crippen LogP contribution in [0.2, 0.25) is 0 Å². The Balaban J connectivity index is 1.65. The molecule has 0 aromatic heterocycles. The summed E-state index contributed by atoms with van der Waals surface area (Å²) in [7, 11) is 0. The van der Waals surface area contributed by atoms with E-state index >= 15 is 0 Å². The van der Waals surface area contributed by atoms with E-state index in [0.717, 1.165) is 49.9 Å². The molecule has 0 radical (unpaired) electrons. The molecule has 2 nitrogen and oxygen atoms in total. The molecule has 0 amide bonds. The lowest BCUT2D eigenvalue weighted by Gasteiger charge is -2.51. The van der Waals surface area contributed by atoms with Crippen molar-refractivity contribution in [1.82, 2.24) is 0 Å². The van der Waals surface area contributed by atoms with E-state index in [1.807, 2.05) is 0 Å². The molecule has 0 aromatic carbocycles. The highest BCUT2D eigenvalue weighted by Gasteiger charge is 2.54. The van der Waals surface area contributed by atoms with Crippen LogP contribution in [0.15, 0.2) is 11.1 Å². The number of aliphatic hydroxyl groups is 1. The number of rotatable bonds is 0. The highest BCUT2D eigenvalue weighted by atomic mass is 16.3. The Bertz CT molecular complexity index is 478. The van der Waals surface area contributed by atoms with Gasteiger partial charge in [-0.25, -0.2) is 0 Å². The van der Waals surface area contributed by atoms with Crippen LogP contribution in [0.25, 0.3) is 0 Å². The number of carbonyl (C=O) groups is 1. The zero-order valence-corrected chi connectivity index (χ0v) is 12.5.